The van der Waals surface area contributed by atoms with Crippen molar-refractivity contribution >= 4 is 46.5 Å². The molecule has 1 fully saturated rings. The summed E-state index contributed by atoms with van der Waals surface area (Å²) in [5.74, 6) is -2.39. The monoisotopic (exact) mass is 458 g/mol. The molecule has 0 unspecified atom stereocenters. The molecule has 0 bridgehead atoms. The molecule has 0 radical (unpaired) electrons. The fourth-order valence-electron chi connectivity index (χ4n) is 2.12. The highest BCUT2D eigenvalue weighted by molar-refractivity contribution is 14.1. The maximum Gasteiger partial charge on any atom is 0.304 e. The molecular weight excluding hydrogens is 439 g/mol. The Morgan fingerprint density at radius 3 is 1.79 bits per heavy atom. The first-order valence-electron chi connectivity index (χ1n) is 7.06. The van der Waals surface area contributed by atoms with Crippen LogP contribution in [0.1, 0.15) is 27.7 Å². The van der Waals surface area contributed by atoms with Crippen molar-refractivity contribution in [2.75, 3.05) is 6.61 Å². The SMILES string of the molecule is CC(=O)OC[C@H]1O[C@H](OC(C)=O)[C@@H](I)[C@@H](OC(C)=O)[C@@H]1OC(C)=O. The van der Waals surface area contributed by atoms with Gasteiger partial charge < -0.3 is 23.7 Å². The third-order valence-corrected chi connectivity index (χ3v) is 4.21. The zero-order chi connectivity index (χ0) is 18.4. The lowest BCUT2D eigenvalue weighted by Crippen LogP contribution is -2.60. The van der Waals surface area contributed by atoms with Gasteiger partial charge in [-0.25, -0.2) is 0 Å². The van der Waals surface area contributed by atoms with Gasteiger partial charge in [0.05, 0.1) is 0 Å². The number of carbonyl (C=O) groups excluding carboxylic acids is 4. The van der Waals surface area contributed by atoms with E-state index in [1.54, 1.807) is 0 Å². The van der Waals surface area contributed by atoms with Crippen LogP contribution in [0.25, 0.3) is 0 Å². The van der Waals surface area contributed by atoms with Gasteiger partial charge in [0.15, 0.2) is 12.2 Å². The van der Waals surface area contributed by atoms with Gasteiger partial charge in [0.25, 0.3) is 0 Å². The van der Waals surface area contributed by atoms with E-state index in [0.717, 1.165) is 0 Å². The third kappa shape index (κ3) is 6.23. The molecule has 1 saturated heterocycles. The quantitative estimate of drug-likeness (QED) is 0.252. The molecule has 1 aliphatic rings. The van der Waals surface area contributed by atoms with Crippen LogP contribution < -0.4 is 0 Å². The fourth-order valence-corrected chi connectivity index (χ4v) is 2.99. The molecule has 5 atom stereocenters. The van der Waals surface area contributed by atoms with Crippen molar-refractivity contribution in [1.29, 1.82) is 0 Å². The summed E-state index contributed by atoms with van der Waals surface area (Å²) in [5, 5.41) is 0. The summed E-state index contributed by atoms with van der Waals surface area (Å²) in [5.41, 5.74) is 0. The minimum Gasteiger partial charge on any atom is -0.463 e. The molecule has 136 valence electrons. The van der Waals surface area contributed by atoms with Crippen molar-refractivity contribution in [2.24, 2.45) is 0 Å². The maximum absolute atomic E-state index is 11.4. The second-order valence-electron chi connectivity index (χ2n) is 5.05. The Kier molecular flexibility index (Phi) is 7.87. The van der Waals surface area contributed by atoms with Crippen LogP contribution in [0.15, 0.2) is 0 Å². The number of carbonyl (C=O) groups is 4. The number of ether oxygens (including phenoxy) is 5. The Labute approximate surface area is 152 Å². The molecule has 1 aliphatic heterocycles. The van der Waals surface area contributed by atoms with E-state index in [9.17, 15) is 19.2 Å². The van der Waals surface area contributed by atoms with Crippen LogP contribution in [0.4, 0.5) is 0 Å². The van der Waals surface area contributed by atoms with Gasteiger partial charge in [-0.15, -0.1) is 0 Å². The van der Waals surface area contributed by atoms with E-state index in [1.807, 2.05) is 22.6 Å². The van der Waals surface area contributed by atoms with Crippen LogP contribution in [0.3, 0.4) is 0 Å². The van der Waals surface area contributed by atoms with E-state index in [-0.39, 0.29) is 6.61 Å². The van der Waals surface area contributed by atoms with Crippen molar-refractivity contribution in [3.63, 3.8) is 0 Å². The fraction of sp³-hybridized carbons (Fsp3) is 0.714. The Balaban J connectivity index is 3.08. The number of esters is 4. The van der Waals surface area contributed by atoms with E-state index < -0.39 is 52.4 Å². The van der Waals surface area contributed by atoms with Crippen molar-refractivity contribution in [2.45, 2.75) is 56.2 Å². The summed E-state index contributed by atoms with van der Waals surface area (Å²) >= 11 is 1.88. The topological polar surface area (TPSA) is 114 Å². The molecule has 24 heavy (non-hydrogen) atoms. The number of rotatable bonds is 5. The highest BCUT2D eigenvalue weighted by Gasteiger charge is 2.50. The van der Waals surface area contributed by atoms with Crippen molar-refractivity contribution in [3.8, 4) is 0 Å². The van der Waals surface area contributed by atoms with Crippen LogP contribution in [-0.4, -0.2) is 59.0 Å². The number of halogens is 1. The molecule has 0 aromatic rings. The van der Waals surface area contributed by atoms with Crippen molar-refractivity contribution < 1.29 is 42.9 Å². The second-order valence-corrected chi connectivity index (χ2v) is 6.49. The first-order valence-corrected chi connectivity index (χ1v) is 8.31. The van der Waals surface area contributed by atoms with E-state index in [0.29, 0.717) is 0 Å². The highest BCUT2D eigenvalue weighted by atomic mass is 127. The molecule has 0 N–H and O–H groups in total. The van der Waals surface area contributed by atoms with E-state index in [1.165, 1.54) is 27.7 Å². The standard InChI is InChI=1S/C14H19IO9/c1-6(16)20-5-10-12(21-7(2)17)13(22-8(3)18)11(15)14(24-10)23-9(4)19/h10-14H,5H2,1-4H3/t10-,11+,12-,13-,14+/m1/s1. The summed E-state index contributed by atoms with van der Waals surface area (Å²) in [7, 11) is 0. The number of alkyl halides is 1. The maximum atomic E-state index is 11.4. The normalized spacial score (nSPS) is 29.3. The Hall–Kier alpha value is -1.43. The lowest BCUT2D eigenvalue weighted by Gasteiger charge is -2.42. The van der Waals surface area contributed by atoms with Crippen LogP contribution in [0.2, 0.25) is 0 Å². The highest BCUT2D eigenvalue weighted by Crippen LogP contribution is 2.32. The van der Waals surface area contributed by atoms with Gasteiger partial charge in [0.1, 0.15) is 16.6 Å². The Bertz CT molecular complexity index is 490. The molecule has 0 spiro atoms. The van der Waals surface area contributed by atoms with Gasteiger partial charge in [0, 0.05) is 27.7 Å². The minimum absolute atomic E-state index is 0.258. The van der Waals surface area contributed by atoms with Crippen LogP contribution >= 0.6 is 22.6 Å². The average molecular weight is 458 g/mol. The first-order chi connectivity index (χ1) is 11.1. The predicted molar refractivity (Wildman–Crippen MR) is 86.0 cm³/mol. The lowest BCUT2D eigenvalue weighted by molar-refractivity contribution is -0.254. The summed E-state index contributed by atoms with van der Waals surface area (Å²) < 4.78 is 25.3. The largest absolute Gasteiger partial charge is 0.463 e. The Morgan fingerprint density at radius 1 is 0.833 bits per heavy atom. The summed E-state index contributed by atoms with van der Waals surface area (Å²) in [6.07, 6.45) is -3.97. The van der Waals surface area contributed by atoms with Crippen molar-refractivity contribution in [3.05, 3.63) is 0 Å². The van der Waals surface area contributed by atoms with Gasteiger partial charge in [0.2, 0.25) is 6.29 Å². The molecule has 1 rings (SSSR count). The van der Waals surface area contributed by atoms with Crippen LogP contribution in [0.5, 0.6) is 0 Å². The van der Waals surface area contributed by atoms with Crippen LogP contribution in [-0.2, 0) is 42.9 Å². The van der Waals surface area contributed by atoms with Gasteiger partial charge in [-0.3, -0.25) is 19.2 Å². The lowest BCUT2D eigenvalue weighted by atomic mass is 10.0. The zero-order valence-corrected chi connectivity index (χ0v) is 15.8. The molecular formula is C14H19IO9. The molecule has 0 aliphatic carbocycles. The number of hydrogen-bond donors (Lipinski definition) is 0. The van der Waals surface area contributed by atoms with Gasteiger partial charge in [-0.05, 0) is 0 Å². The Morgan fingerprint density at radius 2 is 1.33 bits per heavy atom. The molecule has 0 aromatic heterocycles. The molecule has 0 saturated carbocycles. The molecule has 10 heteroatoms. The van der Waals surface area contributed by atoms with E-state index in [2.05, 4.69) is 0 Å². The first kappa shape index (κ1) is 20.6. The minimum atomic E-state index is -1.06. The average Bonchev–Trinajstić information content (AvgIpc) is 2.42. The van der Waals surface area contributed by atoms with Crippen molar-refractivity contribution in [1.82, 2.24) is 0 Å². The summed E-state index contributed by atoms with van der Waals surface area (Å²) in [4.78, 5) is 45.0. The molecule has 9 nitrogen and oxygen atoms in total. The number of hydrogen-bond acceptors (Lipinski definition) is 9. The zero-order valence-electron chi connectivity index (χ0n) is 13.6. The molecule has 0 amide bonds. The molecule has 1 heterocycles. The second kappa shape index (κ2) is 9.16. The smallest absolute Gasteiger partial charge is 0.304 e. The van der Waals surface area contributed by atoms with E-state index in [4.69, 9.17) is 23.7 Å². The van der Waals surface area contributed by atoms with Gasteiger partial charge >= 0.3 is 23.9 Å². The predicted octanol–water partition coefficient (Wildman–Crippen LogP) is 0.504. The van der Waals surface area contributed by atoms with E-state index >= 15 is 0 Å². The molecule has 0 aromatic carbocycles. The van der Waals surface area contributed by atoms with Gasteiger partial charge in [-0.1, -0.05) is 22.6 Å². The van der Waals surface area contributed by atoms with Gasteiger partial charge in [-0.2, -0.15) is 0 Å². The summed E-state index contributed by atoms with van der Waals surface area (Å²) in [6.45, 7) is 4.54. The summed E-state index contributed by atoms with van der Waals surface area (Å²) in [6, 6.07) is 0. The third-order valence-electron chi connectivity index (χ3n) is 2.91. The van der Waals surface area contributed by atoms with Crippen LogP contribution in [0, 0.1) is 0 Å².